The molecule has 1 unspecified atom stereocenters. The van der Waals surface area contributed by atoms with Gasteiger partial charge in [-0.3, -0.25) is 4.98 Å². The minimum Gasteiger partial charge on any atom is -0.487 e. The van der Waals surface area contributed by atoms with Crippen LogP contribution in [-0.2, 0) is 27.0 Å². The number of hydrogen-bond acceptors (Lipinski definition) is 8. The van der Waals surface area contributed by atoms with Crippen molar-refractivity contribution in [2.75, 3.05) is 18.4 Å². The van der Waals surface area contributed by atoms with Crippen LogP contribution >= 0.6 is 11.6 Å². The third-order valence-electron chi connectivity index (χ3n) is 7.04. The smallest absolute Gasteiger partial charge is 0.216 e. The lowest BCUT2D eigenvalue weighted by atomic mass is 9.94. The normalized spacial score (nSPS) is 16.7. The summed E-state index contributed by atoms with van der Waals surface area (Å²) in [7, 11) is -3.52. The number of sulfonamides is 1. The molecule has 1 atom stereocenters. The van der Waals surface area contributed by atoms with Crippen molar-refractivity contribution in [2.24, 2.45) is 0 Å². The molecule has 42 heavy (non-hydrogen) atoms. The first kappa shape index (κ1) is 29.7. The zero-order valence-corrected chi connectivity index (χ0v) is 25.0. The van der Waals surface area contributed by atoms with E-state index in [1.54, 1.807) is 56.6 Å². The minimum absolute atomic E-state index is 0.110. The van der Waals surface area contributed by atoms with Gasteiger partial charge >= 0.3 is 0 Å². The number of pyridine rings is 1. The van der Waals surface area contributed by atoms with Crippen molar-refractivity contribution < 1.29 is 22.3 Å². The number of likely N-dealkylation sites (N-methyl/N-ethyl adjacent to an activating group) is 1. The topological polar surface area (TPSA) is 107 Å². The highest BCUT2D eigenvalue weighted by molar-refractivity contribution is 7.89. The maximum atomic E-state index is 13.5. The van der Waals surface area contributed by atoms with E-state index >= 15 is 0 Å². The maximum absolute atomic E-state index is 13.5. The monoisotopic (exact) mass is 611 g/mol. The van der Waals surface area contributed by atoms with E-state index in [9.17, 15) is 12.8 Å². The lowest BCUT2D eigenvalue weighted by molar-refractivity contribution is 0.0201. The molecule has 1 N–H and O–H groups in total. The number of rotatable bonds is 11. The number of ether oxygens (including phenoxy) is 2. The van der Waals surface area contributed by atoms with E-state index in [4.69, 9.17) is 21.1 Å². The van der Waals surface area contributed by atoms with Crippen LogP contribution in [0.2, 0.25) is 5.02 Å². The van der Waals surface area contributed by atoms with E-state index in [1.807, 2.05) is 19.1 Å². The summed E-state index contributed by atoms with van der Waals surface area (Å²) in [6, 6.07) is 13.2. The van der Waals surface area contributed by atoms with Crippen LogP contribution in [0.15, 0.2) is 73.4 Å². The maximum Gasteiger partial charge on any atom is 0.216 e. The van der Waals surface area contributed by atoms with E-state index in [0.717, 1.165) is 0 Å². The number of aromatic nitrogens is 3. The van der Waals surface area contributed by atoms with E-state index in [2.05, 4.69) is 20.3 Å². The Morgan fingerprint density at radius 1 is 1.17 bits per heavy atom. The lowest BCUT2D eigenvalue weighted by Gasteiger charge is -2.34. The molecule has 1 aliphatic heterocycles. The highest BCUT2D eigenvalue weighted by Gasteiger charge is 2.42. The summed E-state index contributed by atoms with van der Waals surface area (Å²) in [6.07, 6.45) is 6.97. The molecular formula is C30H31ClFN5O4S. The Bertz CT molecular complexity index is 1730. The van der Waals surface area contributed by atoms with Gasteiger partial charge < -0.3 is 14.8 Å². The zero-order valence-electron chi connectivity index (χ0n) is 23.4. The van der Waals surface area contributed by atoms with Crippen molar-refractivity contribution in [1.82, 2.24) is 19.3 Å². The second-order valence-corrected chi connectivity index (χ2v) is 13.1. The molecule has 1 aliphatic rings. The van der Waals surface area contributed by atoms with Gasteiger partial charge in [0.05, 0.1) is 40.5 Å². The third-order valence-corrected chi connectivity index (χ3v) is 9.64. The van der Waals surface area contributed by atoms with E-state index < -0.39 is 20.9 Å². The molecule has 12 heteroatoms. The van der Waals surface area contributed by atoms with Crippen molar-refractivity contribution >= 4 is 44.0 Å². The molecule has 0 fully saturated rings. The van der Waals surface area contributed by atoms with Crippen molar-refractivity contribution in [3.05, 3.63) is 95.5 Å². The molecule has 0 radical (unpaired) electrons. The standard InChI is InChI=1S/C30H31ClFN5O4S/c1-4-37(42(38,39)20(2)3)18-30(11-6-12-41-30)28-15-24-26(16-33-28)34-19-35-29(24)36-23-9-10-27(25(31)14-23)40-17-21-7-5-8-22(32)13-21/h5-10,12-16,19-20H,4,11,17-18H2,1-3H3,(H,34,35,36). The molecule has 0 amide bonds. The fourth-order valence-corrected chi connectivity index (χ4v) is 6.29. The summed E-state index contributed by atoms with van der Waals surface area (Å²) in [6.45, 7) is 5.72. The zero-order chi connectivity index (χ0) is 29.9. The van der Waals surface area contributed by atoms with E-state index in [1.165, 1.54) is 22.8 Å². The molecule has 9 nitrogen and oxygen atoms in total. The quantitative estimate of drug-likeness (QED) is 0.210. The van der Waals surface area contributed by atoms with Gasteiger partial charge in [0.1, 0.15) is 30.3 Å². The van der Waals surface area contributed by atoms with Gasteiger partial charge in [0.2, 0.25) is 10.0 Å². The average Bonchev–Trinajstić information content (AvgIpc) is 3.45. The third kappa shape index (κ3) is 6.18. The Morgan fingerprint density at radius 3 is 2.69 bits per heavy atom. The molecule has 0 aliphatic carbocycles. The molecule has 220 valence electrons. The molecule has 2 aromatic heterocycles. The van der Waals surface area contributed by atoms with Crippen molar-refractivity contribution in [3.63, 3.8) is 0 Å². The van der Waals surface area contributed by atoms with Crippen molar-refractivity contribution in [1.29, 1.82) is 0 Å². The summed E-state index contributed by atoms with van der Waals surface area (Å²) in [5.41, 5.74) is 1.51. The Morgan fingerprint density at radius 2 is 2.00 bits per heavy atom. The van der Waals surface area contributed by atoms with Gasteiger partial charge in [-0.2, -0.15) is 4.31 Å². The molecule has 3 heterocycles. The average molecular weight is 612 g/mol. The number of halogens is 2. The highest BCUT2D eigenvalue weighted by atomic mass is 35.5. The summed E-state index contributed by atoms with van der Waals surface area (Å²) in [5.74, 6) is 0.633. The van der Waals surface area contributed by atoms with Gasteiger partial charge in [0.15, 0.2) is 5.60 Å². The molecule has 0 saturated carbocycles. The van der Waals surface area contributed by atoms with Crippen molar-refractivity contribution in [3.8, 4) is 5.75 Å². The fourth-order valence-electron chi connectivity index (χ4n) is 4.71. The summed E-state index contributed by atoms with van der Waals surface area (Å²) in [5, 5.41) is 3.76. The number of nitrogens with one attached hydrogen (secondary N) is 1. The largest absolute Gasteiger partial charge is 0.487 e. The first-order chi connectivity index (χ1) is 20.1. The predicted molar refractivity (Wildman–Crippen MR) is 161 cm³/mol. The van der Waals surface area contributed by atoms with Crippen LogP contribution in [0.3, 0.4) is 0 Å². The number of fused-ring (bicyclic) bond motifs is 1. The van der Waals surface area contributed by atoms with E-state index in [0.29, 0.717) is 57.4 Å². The van der Waals surface area contributed by atoms with Gasteiger partial charge in [0.25, 0.3) is 0 Å². The van der Waals surface area contributed by atoms with Crippen LogP contribution in [0.1, 0.15) is 38.4 Å². The van der Waals surface area contributed by atoms with Crippen LogP contribution in [0.25, 0.3) is 10.9 Å². The van der Waals surface area contributed by atoms with Crippen LogP contribution in [0, 0.1) is 5.82 Å². The summed E-state index contributed by atoms with van der Waals surface area (Å²) in [4.78, 5) is 13.4. The SMILES string of the molecule is CCN(CC1(c2cc3c(Nc4ccc(OCc5cccc(F)c5)c(Cl)c4)ncnc3cn2)CC=CO1)S(=O)(=O)C(C)C. The molecule has 4 aromatic rings. The molecule has 0 spiro atoms. The van der Waals surface area contributed by atoms with Crippen molar-refractivity contribution in [2.45, 2.75) is 44.6 Å². The predicted octanol–water partition coefficient (Wildman–Crippen LogP) is 6.33. The van der Waals surface area contributed by atoms with Crippen LogP contribution in [-0.4, -0.2) is 46.0 Å². The summed E-state index contributed by atoms with van der Waals surface area (Å²) >= 11 is 6.50. The second kappa shape index (κ2) is 12.2. The van der Waals surface area contributed by atoms with Gasteiger partial charge in [-0.25, -0.2) is 22.8 Å². The van der Waals surface area contributed by atoms with E-state index in [-0.39, 0.29) is 19.0 Å². The number of anilines is 2. The summed E-state index contributed by atoms with van der Waals surface area (Å²) < 4.78 is 52.9. The Labute approximate surface area is 249 Å². The molecule has 0 saturated heterocycles. The van der Waals surface area contributed by atoms with Crippen LogP contribution in [0.5, 0.6) is 5.75 Å². The van der Waals surface area contributed by atoms with Gasteiger partial charge in [-0.15, -0.1) is 0 Å². The van der Waals surface area contributed by atoms with Crippen LogP contribution in [0.4, 0.5) is 15.9 Å². The first-order valence-corrected chi connectivity index (χ1v) is 15.4. The Kier molecular flexibility index (Phi) is 8.63. The second-order valence-electron chi connectivity index (χ2n) is 10.2. The minimum atomic E-state index is -3.52. The van der Waals surface area contributed by atoms with Crippen LogP contribution < -0.4 is 10.1 Å². The fraction of sp³-hybridized carbons (Fsp3) is 0.300. The Balaban J connectivity index is 1.41. The molecule has 2 aromatic carbocycles. The van der Waals surface area contributed by atoms with Gasteiger partial charge in [-0.05, 0) is 61.9 Å². The van der Waals surface area contributed by atoms with Gasteiger partial charge in [-0.1, -0.05) is 30.7 Å². The Hall–Kier alpha value is -3.80. The molecule has 0 bridgehead atoms. The molecular weight excluding hydrogens is 581 g/mol. The number of nitrogens with zero attached hydrogens (tertiary/aromatic N) is 4. The lowest BCUT2D eigenvalue weighted by Crippen LogP contribution is -2.46. The number of benzene rings is 2. The first-order valence-electron chi connectivity index (χ1n) is 13.5. The number of hydrogen-bond donors (Lipinski definition) is 1. The molecule has 5 rings (SSSR count). The van der Waals surface area contributed by atoms with Gasteiger partial charge in [0, 0.05) is 24.0 Å². The highest BCUT2D eigenvalue weighted by Crippen LogP contribution is 2.38.